The number of esters is 1. The van der Waals surface area contributed by atoms with Gasteiger partial charge in [0.15, 0.2) is 0 Å². The minimum absolute atomic E-state index is 0.0113. The molecular weight excluding hydrogens is 264 g/mol. The summed E-state index contributed by atoms with van der Waals surface area (Å²) < 4.78 is 5.76. The predicted octanol–water partition coefficient (Wildman–Crippen LogP) is 3.16. The van der Waals surface area contributed by atoms with Crippen LogP contribution in [0.5, 0.6) is 0 Å². The van der Waals surface area contributed by atoms with Crippen molar-refractivity contribution in [1.82, 2.24) is 4.98 Å². The summed E-state index contributed by atoms with van der Waals surface area (Å²) in [7, 11) is 0. The van der Waals surface area contributed by atoms with Gasteiger partial charge in [-0.15, -0.1) is 0 Å². The maximum atomic E-state index is 12.3. The Labute approximate surface area is 127 Å². The average molecular weight is 290 g/mol. The molecule has 0 radical (unpaired) electrons. The topological polar surface area (TPSA) is 65.2 Å². The predicted molar refractivity (Wildman–Crippen MR) is 82.7 cm³/mol. The second-order valence-electron chi connectivity index (χ2n) is 6.53. The Hall–Kier alpha value is -1.42. The Bertz CT molecular complexity index is 470. The van der Waals surface area contributed by atoms with Crippen molar-refractivity contribution in [3.8, 4) is 0 Å². The van der Waals surface area contributed by atoms with Crippen molar-refractivity contribution in [3.63, 3.8) is 0 Å². The van der Waals surface area contributed by atoms with E-state index in [1.54, 1.807) is 12.3 Å². The monoisotopic (exact) mass is 290 g/mol. The zero-order valence-electron chi connectivity index (χ0n) is 13.2. The number of hydrogen-bond donors (Lipinski definition) is 1. The van der Waals surface area contributed by atoms with Crippen molar-refractivity contribution in [1.29, 1.82) is 0 Å². The SMILES string of the molecule is CC1CCC(C(C)C)C(OC(=O)c2ccc(CN)cn2)C1. The van der Waals surface area contributed by atoms with Gasteiger partial charge in [-0.25, -0.2) is 9.78 Å². The molecule has 1 aliphatic carbocycles. The van der Waals surface area contributed by atoms with Crippen LogP contribution >= 0.6 is 0 Å². The van der Waals surface area contributed by atoms with Gasteiger partial charge in [0.2, 0.25) is 0 Å². The number of carbonyl (C=O) groups is 1. The second-order valence-corrected chi connectivity index (χ2v) is 6.53. The Balaban J connectivity index is 2.04. The molecule has 0 amide bonds. The quantitative estimate of drug-likeness (QED) is 0.865. The number of aromatic nitrogens is 1. The van der Waals surface area contributed by atoms with Gasteiger partial charge in [-0.1, -0.05) is 33.3 Å². The van der Waals surface area contributed by atoms with E-state index in [-0.39, 0.29) is 12.1 Å². The lowest BCUT2D eigenvalue weighted by Crippen LogP contribution is -2.36. The van der Waals surface area contributed by atoms with E-state index in [0.717, 1.165) is 18.4 Å². The number of nitrogens with zero attached hydrogens (tertiary/aromatic N) is 1. The number of carbonyl (C=O) groups excluding carboxylic acids is 1. The van der Waals surface area contributed by atoms with Gasteiger partial charge in [-0.2, -0.15) is 0 Å². The number of hydrogen-bond acceptors (Lipinski definition) is 4. The molecule has 3 atom stereocenters. The molecule has 1 aromatic rings. The molecule has 21 heavy (non-hydrogen) atoms. The molecule has 1 saturated carbocycles. The smallest absolute Gasteiger partial charge is 0.357 e. The summed E-state index contributed by atoms with van der Waals surface area (Å²) in [6.07, 6.45) is 4.96. The van der Waals surface area contributed by atoms with Crippen molar-refractivity contribution < 1.29 is 9.53 Å². The highest BCUT2D eigenvalue weighted by Crippen LogP contribution is 2.35. The van der Waals surface area contributed by atoms with Crippen LogP contribution in [0.1, 0.15) is 56.1 Å². The third-order valence-corrected chi connectivity index (χ3v) is 4.49. The van der Waals surface area contributed by atoms with Gasteiger partial charge < -0.3 is 10.5 Å². The molecule has 1 aliphatic rings. The fourth-order valence-corrected chi connectivity index (χ4v) is 3.11. The van der Waals surface area contributed by atoms with E-state index >= 15 is 0 Å². The maximum absolute atomic E-state index is 12.3. The van der Waals surface area contributed by atoms with Gasteiger partial charge in [0, 0.05) is 12.7 Å². The molecule has 2 rings (SSSR count). The minimum Gasteiger partial charge on any atom is -0.457 e. The van der Waals surface area contributed by atoms with Crippen molar-refractivity contribution in [3.05, 3.63) is 29.6 Å². The number of pyridine rings is 1. The highest BCUT2D eigenvalue weighted by Gasteiger charge is 2.33. The number of nitrogens with two attached hydrogens (primary N) is 1. The summed E-state index contributed by atoms with van der Waals surface area (Å²) >= 11 is 0. The summed E-state index contributed by atoms with van der Waals surface area (Å²) in [5.41, 5.74) is 6.82. The summed E-state index contributed by atoms with van der Waals surface area (Å²) in [6.45, 7) is 7.06. The lowest BCUT2D eigenvalue weighted by molar-refractivity contribution is -0.0179. The lowest BCUT2D eigenvalue weighted by atomic mass is 9.75. The van der Waals surface area contributed by atoms with Crippen molar-refractivity contribution >= 4 is 5.97 Å². The molecule has 0 bridgehead atoms. The highest BCUT2D eigenvalue weighted by atomic mass is 16.5. The molecule has 0 spiro atoms. The van der Waals surface area contributed by atoms with E-state index in [9.17, 15) is 4.79 Å². The normalized spacial score (nSPS) is 25.9. The van der Waals surface area contributed by atoms with Crippen LogP contribution < -0.4 is 5.73 Å². The first-order valence-corrected chi connectivity index (χ1v) is 7.87. The van der Waals surface area contributed by atoms with E-state index in [1.165, 1.54) is 6.42 Å². The van der Waals surface area contributed by atoms with Gasteiger partial charge in [0.1, 0.15) is 11.8 Å². The summed E-state index contributed by atoms with van der Waals surface area (Å²) in [5.74, 6) is 1.28. The number of rotatable bonds is 4. The van der Waals surface area contributed by atoms with Crippen LogP contribution in [0.4, 0.5) is 0 Å². The summed E-state index contributed by atoms with van der Waals surface area (Å²) in [5, 5.41) is 0. The molecule has 1 fully saturated rings. The molecule has 1 heterocycles. The molecule has 2 N–H and O–H groups in total. The zero-order valence-corrected chi connectivity index (χ0v) is 13.2. The molecule has 0 aromatic carbocycles. The van der Waals surface area contributed by atoms with Gasteiger partial charge in [-0.05, 0) is 42.2 Å². The Morgan fingerprint density at radius 1 is 1.43 bits per heavy atom. The zero-order chi connectivity index (χ0) is 15.4. The molecule has 116 valence electrons. The Morgan fingerprint density at radius 2 is 2.19 bits per heavy atom. The van der Waals surface area contributed by atoms with Crippen LogP contribution in [-0.2, 0) is 11.3 Å². The van der Waals surface area contributed by atoms with E-state index in [4.69, 9.17) is 10.5 Å². The first kappa shape index (κ1) is 16.0. The van der Waals surface area contributed by atoms with Crippen LogP contribution in [0.15, 0.2) is 18.3 Å². The fraction of sp³-hybridized carbons (Fsp3) is 0.647. The van der Waals surface area contributed by atoms with Gasteiger partial charge in [0.05, 0.1) is 0 Å². The largest absolute Gasteiger partial charge is 0.457 e. The van der Waals surface area contributed by atoms with Crippen LogP contribution in [0.3, 0.4) is 0 Å². The summed E-state index contributed by atoms with van der Waals surface area (Å²) in [6, 6.07) is 3.52. The minimum atomic E-state index is -0.316. The van der Waals surface area contributed by atoms with Gasteiger partial charge in [-0.3, -0.25) is 0 Å². The van der Waals surface area contributed by atoms with E-state index in [2.05, 4.69) is 25.8 Å². The standard InChI is InChI=1S/C17H26N2O2/c1-11(2)14-6-4-12(3)8-16(14)21-17(20)15-7-5-13(9-18)10-19-15/h5,7,10-12,14,16H,4,6,8-9,18H2,1-3H3. The average Bonchev–Trinajstić information content (AvgIpc) is 2.47. The van der Waals surface area contributed by atoms with Crippen molar-refractivity contribution in [2.45, 2.75) is 52.7 Å². The molecular formula is C17H26N2O2. The van der Waals surface area contributed by atoms with Crippen LogP contribution in [-0.4, -0.2) is 17.1 Å². The number of ether oxygens (including phenoxy) is 1. The first-order valence-electron chi connectivity index (χ1n) is 7.87. The molecule has 1 aromatic heterocycles. The van der Waals surface area contributed by atoms with Crippen molar-refractivity contribution in [2.24, 2.45) is 23.5 Å². The van der Waals surface area contributed by atoms with E-state index in [1.807, 2.05) is 6.07 Å². The first-order chi connectivity index (χ1) is 10.0. The summed E-state index contributed by atoms with van der Waals surface area (Å²) in [4.78, 5) is 16.4. The van der Waals surface area contributed by atoms with E-state index in [0.29, 0.717) is 30.0 Å². The molecule has 3 unspecified atom stereocenters. The molecule has 0 aliphatic heterocycles. The Kier molecular flexibility index (Phi) is 5.34. The van der Waals surface area contributed by atoms with Crippen LogP contribution in [0.2, 0.25) is 0 Å². The third-order valence-electron chi connectivity index (χ3n) is 4.49. The van der Waals surface area contributed by atoms with Gasteiger partial charge in [0.25, 0.3) is 0 Å². The lowest BCUT2D eigenvalue weighted by Gasteiger charge is -2.36. The Morgan fingerprint density at radius 3 is 2.76 bits per heavy atom. The van der Waals surface area contributed by atoms with Crippen molar-refractivity contribution in [2.75, 3.05) is 0 Å². The fourth-order valence-electron chi connectivity index (χ4n) is 3.11. The maximum Gasteiger partial charge on any atom is 0.357 e. The highest BCUT2D eigenvalue weighted by molar-refractivity contribution is 5.87. The van der Waals surface area contributed by atoms with Crippen LogP contribution in [0.25, 0.3) is 0 Å². The molecule has 4 nitrogen and oxygen atoms in total. The second kappa shape index (κ2) is 7.03. The third kappa shape index (κ3) is 4.03. The van der Waals surface area contributed by atoms with Crippen LogP contribution in [0, 0.1) is 17.8 Å². The van der Waals surface area contributed by atoms with Gasteiger partial charge >= 0.3 is 5.97 Å². The molecule has 4 heteroatoms. The molecule has 0 saturated heterocycles. The van der Waals surface area contributed by atoms with E-state index < -0.39 is 0 Å².